The monoisotopic (exact) mass is 238 g/mol. The van der Waals surface area contributed by atoms with E-state index in [4.69, 9.17) is 10.00 Å². The number of hydrogen-bond acceptors (Lipinski definition) is 4. The van der Waals surface area contributed by atoms with E-state index in [1.807, 2.05) is 0 Å². The summed E-state index contributed by atoms with van der Waals surface area (Å²) in [6.45, 7) is 0.00589. The van der Waals surface area contributed by atoms with Gasteiger partial charge in [-0.1, -0.05) is 0 Å². The Hall–Kier alpha value is -0.840. The molecule has 1 saturated heterocycles. The Morgan fingerprint density at radius 2 is 2.25 bits per heavy atom. The first-order valence-electron chi connectivity index (χ1n) is 4.84. The first kappa shape index (κ1) is 13.2. The first-order chi connectivity index (χ1) is 7.37. The lowest BCUT2D eigenvalue weighted by atomic mass is 10.0. The molecule has 0 radical (unpaired) electrons. The highest BCUT2D eigenvalue weighted by molar-refractivity contribution is 4.92. The van der Waals surface area contributed by atoms with Crippen LogP contribution in [0.15, 0.2) is 0 Å². The molecule has 0 aromatic carbocycles. The van der Waals surface area contributed by atoms with E-state index in [-0.39, 0.29) is 13.2 Å². The molecule has 1 aliphatic rings. The molecular weight excluding hydrogens is 225 g/mol. The minimum Gasteiger partial charge on any atom is -0.386 e. The summed E-state index contributed by atoms with van der Waals surface area (Å²) >= 11 is 0. The van der Waals surface area contributed by atoms with Gasteiger partial charge in [-0.05, 0) is 0 Å². The van der Waals surface area contributed by atoms with Crippen molar-refractivity contribution in [1.82, 2.24) is 5.32 Å². The van der Waals surface area contributed by atoms with Crippen molar-refractivity contribution < 1.29 is 23.0 Å². The molecule has 2 N–H and O–H groups in total. The number of hydrogen-bond donors (Lipinski definition) is 2. The van der Waals surface area contributed by atoms with Gasteiger partial charge < -0.3 is 15.2 Å². The van der Waals surface area contributed by atoms with Crippen molar-refractivity contribution in [3.8, 4) is 6.07 Å². The molecule has 0 spiro atoms. The summed E-state index contributed by atoms with van der Waals surface area (Å²) in [5, 5.41) is 20.5. The SMILES string of the molecule is N#CC(CNCC1(O)CCOC1)C(F)(F)F. The van der Waals surface area contributed by atoms with Crippen LogP contribution < -0.4 is 5.32 Å². The third-order valence-corrected chi connectivity index (χ3v) is 2.44. The normalized spacial score (nSPS) is 27.7. The standard InChI is InChI=1S/C9H13F3N2O2/c10-9(11,12)7(3-13)4-14-5-8(15)1-2-16-6-8/h7,14-15H,1-2,4-6H2. The molecule has 1 fully saturated rings. The van der Waals surface area contributed by atoms with E-state index in [9.17, 15) is 18.3 Å². The largest absolute Gasteiger partial charge is 0.405 e. The number of ether oxygens (including phenoxy) is 1. The van der Waals surface area contributed by atoms with Crippen LogP contribution in [0, 0.1) is 17.2 Å². The van der Waals surface area contributed by atoms with E-state index in [0.29, 0.717) is 13.0 Å². The second-order valence-electron chi connectivity index (χ2n) is 3.88. The van der Waals surface area contributed by atoms with Crippen molar-refractivity contribution >= 4 is 0 Å². The summed E-state index contributed by atoms with van der Waals surface area (Å²) in [6, 6.07) is 1.18. The van der Waals surface area contributed by atoms with Crippen LogP contribution in [0.2, 0.25) is 0 Å². The molecule has 1 rings (SSSR count). The highest BCUT2D eigenvalue weighted by atomic mass is 19.4. The zero-order chi connectivity index (χ0) is 12.2. The summed E-state index contributed by atoms with van der Waals surface area (Å²) in [7, 11) is 0. The number of alkyl halides is 3. The highest BCUT2D eigenvalue weighted by Crippen LogP contribution is 2.25. The summed E-state index contributed by atoms with van der Waals surface area (Å²) in [4.78, 5) is 0. The molecule has 4 nitrogen and oxygen atoms in total. The van der Waals surface area contributed by atoms with Gasteiger partial charge in [0.1, 0.15) is 5.60 Å². The number of halogens is 3. The Bertz CT molecular complexity index is 269. The van der Waals surface area contributed by atoms with Crippen LogP contribution in [0.4, 0.5) is 13.2 Å². The van der Waals surface area contributed by atoms with Crippen LogP contribution in [0.3, 0.4) is 0 Å². The van der Waals surface area contributed by atoms with Crippen molar-refractivity contribution in [2.24, 2.45) is 5.92 Å². The van der Waals surface area contributed by atoms with Gasteiger partial charge in [-0.15, -0.1) is 0 Å². The van der Waals surface area contributed by atoms with E-state index >= 15 is 0 Å². The van der Waals surface area contributed by atoms with Gasteiger partial charge in [0.05, 0.1) is 12.7 Å². The fraction of sp³-hybridized carbons (Fsp3) is 0.889. The van der Waals surface area contributed by atoms with E-state index in [1.54, 1.807) is 0 Å². The third kappa shape index (κ3) is 3.63. The van der Waals surface area contributed by atoms with Gasteiger partial charge in [0, 0.05) is 26.1 Å². The van der Waals surface area contributed by atoms with Gasteiger partial charge in [-0.2, -0.15) is 18.4 Å². The fourth-order valence-corrected chi connectivity index (χ4v) is 1.42. The molecule has 0 aromatic heterocycles. The van der Waals surface area contributed by atoms with Crippen molar-refractivity contribution in [2.75, 3.05) is 26.3 Å². The maximum Gasteiger partial charge on any atom is 0.405 e. The minimum absolute atomic E-state index is 0.00125. The van der Waals surface area contributed by atoms with Crippen LogP contribution in [-0.2, 0) is 4.74 Å². The molecule has 1 heterocycles. The zero-order valence-corrected chi connectivity index (χ0v) is 8.55. The second kappa shape index (κ2) is 4.99. The molecule has 2 unspecified atom stereocenters. The molecule has 7 heteroatoms. The number of nitriles is 1. The van der Waals surface area contributed by atoms with Crippen LogP contribution in [0.25, 0.3) is 0 Å². The minimum atomic E-state index is -4.53. The predicted octanol–water partition coefficient (Wildman–Crippen LogP) is 0.429. The Labute approximate surface area is 91.0 Å². The lowest BCUT2D eigenvalue weighted by molar-refractivity contribution is -0.158. The van der Waals surface area contributed by atoms with E-state index in [0.717, 1.165) is 0 Å². The smallest absolute Gasteiger partial charge is 0.386 e. The van der Waals surface area contributed by atoms with Crippen molar-refractivity contribution in [2.45, 2.75) is 18.2 Å². The van der Waals surface area contributed by atoms with E-state index in [2.05, 4.69) is 5.32 Å². The average molecular weight is 238 g/mol. The summed E-state index contributed by atoms with van der Waals surface area (Å²) < 4.78 is 41.4. The second-order valence-corrected chi connectivity index (χ2v) is 3.88. The van der Waals surface area contributed by atoms with Gasteiger partial charge in [0.15, 0.2) is 5.92 Å². The Morgan fingerprint density at radius 3 is 2.69 bits per heavy atom. The lowest BCUT2D eigenvalue weighted by Gasteiger charge is -2.22. The van der Waals surface area contributed by atoms with E-state index in [1.165, 1.54) is 6.07 Å². The predicted molar refractivity (Wildman–Crippen MR) is 48.4 cm³/mol. The van der Waals surface area contributed by atoms with Crippen molar-refractivity contribution in [1.29, 1.82) is 5.26 Å². The molecule has 0 aromatic rings. The molecule has 1 aliphatic heterocycles. The summed E-state index contributed by atoms with van der Waals surface area (Å²) in [6.07, 6.45) is -4.14. The van der Waals surface area contributed by atoms with Gasteiger partial charge >= 0.3 is 6.18 Å². The molecule has 0 aliphatic carbocycles. The molecule has 16 heavy (non-hydrogen) atoms. The van der Waals surface area contributed by atoms with Crippen LogP contribution in [0.1, 0.15) is 6.42 Å². The van der Waals surface area contributed by atoms with E-state index < -0.39 is 24.2 Å². The van der Waals surface area contributed by atoms with Gasteiger partial charge in [0.25, 0.3) is 0 Å². The summed E-state index contributed by atoms with van der Waals surface area (Å²) in [5.74, 6) is -2.04. The van der Waals surface area contributed by atoms with Gasteiger partial charge in [0.2, 0.25) is 0 Å². The number of rotatable bonds is 4. The fourth-order valence-electron chi connectivity index (χ4n) is 1.42. The van der Waals surface area contributed by atoms with Crippen LogP contribution >= 0.6 is 0 Å². The van der Waals surface area contributed by atoms with Gasteiger partial charge in [-0.3, -0.25) is 0 Å². The molecule has 0 amide bonds. The maximum atomic E-state index is 12.2. The quantitative estimate of drug-likeness (QED) is 0.745. The molecule has 0 bridgehead atoms. The number of nitrogens with zero attached hydrogens (tertiary/aromatic N) is 1. The average Bonchev–Trinajstić information content (AvgIpc) is 2.58. The number of aliphatic hydroxyl groups is 1. The molecular formula is C9H13F3N2O2. The highest BCUT2D eigenvalue weighted by Gasteiger charge is 2.40. The van der Waals surface area contributed by atoms with Crippen LogP contribution in [0.5, 0.6) is 0 Å². The van der Waals surface area contributed by atoms with Crippen molar-refractivity contribution in [3.63, 3.8) is 0 Å². The Morgan fingerprint density at radius 1 is 1.56 bits per heavy atom. The topological polar surface area (TPSA) is 65.3 Å². The maximum absolute atomic E-state index is 12.2. The van der Waals surface area contributed by atoms with Crippen LogP contribution in [-0.4, -0.2) is 43.2 Å². The number of nitrogens with one attached hydrogen (secondary N) is 1. The first-order valence-corrected chi connectivity index (χ1v) is 4.84. The lowest BCUT2D eigenvalue weighted by Crippen LogP contribution is -2.44. The molecule has 2 atom stereocenters. The molecule has 92 valence electrons. The van der Waals surface area contributed by atoms with Crippen molar-refractivity contribution in [3.05, 3.63) is 0 Å². The third-order valence-electron chi connectivity index (χ3n) is 2.44. The zero-order valence-electron chi connectivity index (χ0n) is 8.55. The Kier molecular flexibility index (Phi) is 4.13. The summed E-state index contributed by atoms with van der Waals surface area (Å²) in [5.41, 5.74) is -1.11. The van der Waals surface area contributed by atoms with Gasteiger partial charge in [-0.25, -0.2) is 0 Å². The Balaban J connectivity index is 2.32. The molecule has 0 saturated carbocycles.